The molecule has 1 fully saturated rings. The molecule has 1 aliphatic rings. The predicted octanol–water partition coefficient (Wildman–Crippen LogP) is 6.15. The highest BCUT2D eigenvalue weighted by Gasteiger charge is 2.42. The highest BCUT2D eigenvalue weighted by atomic mass is 35.5. The quantitative estimate of drug-likeness (QED) is 0.132. The number of fused-ring (bicyclic) bond motifs is 1. The molecular weight excluding hydrogens is 731 g/mol. The van der Waals surface area contributed by atoms with E-state index in [0.29, 0.717) is 59.0 Å². The van der Waals surface area contributed by atoms with E-state index < -0.39 is 23.5 Å². The number of hydrogen-bond donors (Lipinski definition) is 4. The number of likely N-dealkylation sites (tertiary alicyclic amines) is 1. The third kappa shape index (κ3) is 9.32. The molecule has 1 aliphatic heterocycles. The Labute approximate surface area is 319 Å². The van der Waals surface area contributed by atoms with Gasteiger partial charge in [-0.1, -0.05) is 50.0 Å². The number of hydrogen-bond acceptors (Lipinski definition) is 10. The second kappa shape index (κ2) is 17.4. The number of nitrogens with one attached hydrogen (secondary N) is 4. The van der Waals surface area contributed by atoms with E-state index in [4.69, 9.17) is 32.7 Å². The zero-order valence-electron chi connectivity index (χ0n) is 29.8. The van der Waals surface area contributed by atoms with Crippen LogP contribution in [0, 0.1) is 5.41 Å². The van der Waals surface area contributed by atoms with Gasteiger partial charge >= 0.3 is 0 Å². The van der Waals surface area contributed by atoms with Crippen molar-refractivity contribution in [1.29, 1.82) is 0 Å². The molecule has 0 aliphatic carbocycles. The normalized spacial score (nSPS) is 15.3. The van der Waals surface area contributed by atoms with Crippen LogP contribution in [0.15, 0.2) is 55.0 Å². The Morgan fingerprint density at radius 2 is 1.79 bits per heavy atom. The summed E-state index contributed by atoms with van der Waals surface area (Å²) in [7, 11) is 3.17. The number of anilines is 3. The lowest BCUT2D eigenvalue weighted by atomic mass is 9.85. The number of methoxy groups -OCH3 is 1. The van der Waals surface area contributed by atoms with Gasteiger partial charge in [0, 0.05) is 29.9 Å². The monoisotopic (exact) mass is 772 g/mol. The number of aromatic nitrogens is 3. The second-order valence-electron chi connectivity index (χ2n) is 13.3. The number of halogens is 3. The van der Waals surface area contributed by atoms with Crippen molar-refractivity contribution in [3.05, 3.63) is 70.7 Å². The standard InChI is InChI=1S/C36H42Cl2N8O5.ClH/c1-20(39-5)33(47)45-31(36(2,3)4)35(49)46-13-9-11-28(46)34(48)44-27-16-23-26(17-29(27)50-6)41-19-42-32(23)43-22-14-24(37)30(25(38)15-22)51-18-21-10-7-8-12-40-21;/h7-8,10,12,14-17,19-20,28,31,39H,9,11,13,18H2,1-6H3,(H,44,48)(H,45,47)(H,41,42,43);1H/t20-,28-,31+;/m0./s1. The average molecular weight is 774 g/mol. The smallest absolute Gasteiger partial charge is 0.247 e. The molecule has 278 valence electrons. The molecule has 52 heavy (non-hydrogen) atoms. The molecule has 3 atom stereocenters. The summed E-state index contributed by atoms with van der Waals surface area (Å²) >= 11 is 13.2. The molecule has 2 aromatic carbocycles. The summed E-state index contributed by atoms with van der Waals surface area (Å²) in [6.07, 6.45) is 4.18. The first-order valence-corrected chi connectivity index (χ1v) is 17.3. The van der Waals surface area contributed by atoms with Crippen LogP contribution in [0.4, 0.5) is 17.2 Å². The Bertz CT molecular complexity index is 1890. The zero-order valence-corrected chi connectivity index (χ0v) is 32.1. The fourth-order valence-electron chi connectivity index (χ4n) is 5.72. The molecule has 0 unspecified atom stereocenters. The molecular formula is C36H43Cl3N8O5. The van der Waals surface area contributed by atoms with Crippen molar-refractivity contribution >= 4 is 81.4 Å². The van der Waals surface area contributed by atoms with E-state index in [2.05, 4.69) is 36.2 Å². The summed E-state index contributed by atoms with van der Waals surface area (Å²) in [6, 6.07) is 10.2. The summed E-state index contributed by atoms with van der Waals surface area (Å²) in [5.74, 6) is 0.121. The molecule has 4 N–H and O–H groups in total. The average Bonchev–Trinajstić information content (AvgIpc) is 3.60. The molecule has 1 saturated heterocycles. The van der Waals surface area contributed by atoms with Gasteiger partial charge in [0.05, 0.1) is 40.1 Å². The number of pyridine rings is 1. The van der Waals surface area contributed by atoms with Gasteiger partial charge in [0.2, 0.25) is 17.7 Å². The summed E-state index contributed by atoms with van der Waals surface area (Å²) in [5.41, 5.74) is 1.58. The van der Waals surface area contributed by atoms with E-state index in [0.717, 1.165) is 5.69 Å². The Kier molecular flexibility index (Phi) is 13.5. The highest BCUT2D eigenvalue weighted by molar-refractivity contribution is 6.37. The van der Waals surface area contributed by atoms with Crippen LogP contribution in [0.3, 0.4) is 0 Å². The molecule has 16 heteroatoms. The lowest BCUT2D eigenvalue weighted by molar-refractivity contribution is -0.143. The number of nitrogens with zero attached hydrogens (tertiary/aromatic N) is 4. The minimum atomic E-state index is -0.835. The molecule has 2 aromatic heterocycles. The molecule has 0 radical (unpaired) electrons. The van der Waals surface area contributed by atoms with E-state index >= 15 is 0 Å². The molecule has 0 spiro atoms. The Balaban J connectivity index is 0.00000605. The van der Waals surface area contributed by atoms with E-state index in [1.165, 1.54) is 13.4 Å². The molecule has 3 amide bonds. The van der Waals surface area contributed by atoms with Gasteiger partial charge in [0.1, 0.15) is 36.6 Å². The van der Waals surface area contributed by atoms with Gasteiger partial charge < -0.3 is 35.6 Å². The Hall–Kier alpha value is -4.43. The first kappa shape index (κ1) is 40.3. The van der Waals surface area contributed by atoms with Crippen LogP contribution in [0.5, 0.6) is 11.5 Å². The molecule has 5 rings (SSSR count). The van der Waals surface area contributed by atoms with Gasteiger partial charge in [-0.15, -0.1) is 12.4 Å². The van der Waals surface area contributed by atoms with Crippen molar-refractivity contribution in [1.82, 2.24) is 30.5 Å². The van der Waals surface area contributed by atoms with Crippen LogP contribution >= 0.6 is 35.6 Å². The second-order valence-corrected chi connectivity index (χ2v) is 14.1. The Morgan fingerprint density at radius 1 is 1.06 bits per heavy atom. The van der Waals surface area contributed by atoms with Gasteiger partial charge in [-0.25, -0.2) is 9.97 Å². The van der Waals surface area contributed by atoms with E-state index in [9.17, 15) is 14.4 Å². The third-order valence-corrected chi connectivity index (χ3v) is 9.19. The van der Waals surface area contributed by atoms with Crippen LogP contribution in [0.2, 0.25) is 10.0 Å². The van der Waals surface area contributed by atoms with Crippen molar-refractivity contribution in [2.24, 2.45) is 5.41 Å². The van der Waals surface area contributed by atoms with E-state index in [1.807, 2.05) is 39.0 Å². The number of carbonyl (C=O) groups excluding carboxylic acids is 3. The summed E-state index contributed by atoms with van der Waals surface area (Å²) in [6.45, 7) is 7.94. The van der Waals surface area contributed by atoms with Crippen LogP contribution < -0.4 is 30.7 Å². The maximum absolute atomic E-state index is 13.9. The lowest BCUT2D eigenvalue weighted by Gasteiger charge is -2.36. The van der Waals surface area contributed by atoms with Crippen LogP contribution in [-0.4, -0.2) is 76.4 Å². The Morgan fingerprint density at radius 3 is 2.42 bits per heavy atom. The molecule has 13 nitrogen and oxygen atoms in total. The van der Waals surface area contributed by atoms with Gasteiger partial charge in [0.25, 0.3) is 0 Å². The van der Waals surface area contributed by atoms with E-state index in [1.54, 1.807) is 49.3 Å². The summed E-state index contributed by atoms with van der Waals surface area (Å²) in [5, 5.41) is 13.1. The minimum Gasteiger partial charge on any atom is -0.494 e. The maximum Gasteiger partial charge on any atom is 0.247 e. The maximum atomic E-state index is 13.9. The topological polar surface area (TPSA) is 160 Å². The first-order chi connectivity index (χ1) is 24.3. The summed E-state index contributed by atoms with van der Waals surface area (Å²) < 4.78 is 11.5. The fourth-order valence-corrected chi connectivity index (χ4v) is 6.31. The highest BCUT2D eigenvalue weighted by Crippen LogP contribution is 2.39. The molecule has 4 aromatic rings. The van der Waals surface area contributed by atoms with Crippen molar-refractivity contribution in [3.8, 4) is 11.5 Å². The molecule has 3 heterocycles. The number of amides is 3. The van der Waals surface area contributed by atoms with Crippen molar-refractivity contribution in [2.75, 3.05) is 31.3 Å². The molecule has 0 saturated carbocycles. The van der Waals surface area contributed by atoms with Crippen molar-refractivity contribution in [2.45, 2.75) is 65.3 Å². The van der Waals surface area contributed by atoms with Gasteiger partial charge in [0.15, 0.2) is 5.75 Å². The van der Waals surface area contributed by atoms with Crippen molar-refractivity contribution < 1.29 is 23.9 Å². The minimum absolute atomic E-state index is 0. The first-order valence-electron chi connectivity index (χ1n) is 16.5. The fraction of sp³-hybridized carbons (Fsp3) is 0.389. The number of rotatable bonds is 12. The van der Waals surface area contributed by atoms with Crippen LogP contribution in [0.25, 0.3) is 10.9 Å². The van der Waals surface area contributed by atoms with Crippen molar-refractivity contribution in [3.63, 3.8) is 0 Å². The number of benzene rings is 2. The van der Waals surface area contributed by atoms with Crippen LogP contribution in [0.1, 0.15) is 46.2 Å². The van der Waals surface area contributed by atoms with Crippen LogP contribution in [-0.2, 0) is 21.0 Å². The zero-order chi connectivity index (χ0) is 36.9. The van der Waals surface area contributed by atoms with Gasteiger partial charge in [-0.3, -0.25) is 19.4 Å². The largest absolute Gasteiger partial charge is 0.494 e. The SMILES string of the molecule is CN[C@@H](C)C(=O)N[C@H](C(=O)N1CCC[C@H]1C(=O)Nc1cc2c(Nc3cc(Cl)c(OCc4ccccn4)c(Cl)c3)ncnc2cc1OC)C(C)(C)C.Cl. The lowest BCUT2D eigenvalue weighted by Crippen LogP contribution is -2.59. The van der Waals surface area contributed by atoms with Gasteiger partial charge in [-0.2, -0.15) is 0 Å². The van der Waals surface area contributed by atoms with E-state index in [-0.39, 0.29) is 46.8 Å². The third-order valence-electron chi connectivity index (χ3n) is 8.63. The number of carbonyl (C=O) groups is 3. The van der Waals surface area contributed by atoms with Gasteiger partial charge in [-0.05, 0) is 62.6 Å². The molecule has 0 bridgehead atoms. The predicted molar refractivity (Wildman–Crippen MR) is 205 cm³/mol. The number of ether oxygens (including phenoxy) is 2. The summed E-state index contributed by atoms with van der Waals surface area (Å²) in [4.78, 5) is 55.2. The number of likely N-dealkylation sites (N-methyl/N-ethyl adjacent to an activating group) is 1.